The summed E-state index contributed by atoms with van der Waals surface area (Å²) >= 11 is 0. The van der Waals surface area contributed by atoms with E-state index in [2.05, 4.69) is 15.0 Å². The second kappa shape index (κ2) is 11.6. The van der Waals surface area contributed by atoms with Gasteiger partial charge in [-0.15, -0.1) is 0 Å². The average molecular weight is 565 g/mol. The lowest BCUT2D eigenvalue weighted by atomic mass is 9.89. The van der Waals surface area contributed by atoms with Crippen molar-refractivity contribution in [3.8, 4) is 5.88 Å². The minimum atomic E-state index is -4.64. The largest absolute Gasteiger partial charge is 0.465 e. The van der Waals surface area contributed by atoms with Gasteiger partial charge in [0.05, 0.1) is 12.8 Å². The average Bonchev–Trinajstić information content (AvgIpc) is 2.85. The van der Waals surface area contributed by atoms with E-state index in [9.17, 15) is 22.0 Å². The normalized spacial score (nSPS) is 11.8. The Balaban J connectivity index is 2.19. The Labute approximate surface area is 226 Å². The molecule has 1 aromatic heterocycles. The van der Waals surface area contributed by atoms with E-state index < -0.39 is 50.8 Å². The van der Waals surface area contributed by atoms with Crippen LogP contribution in [0.5, 0.6) is 5.88 Å². The number of carbonyl (C=O) groups is 1. The van der Waals surface area contributed by atoms with Crippen LogP contribution in [0.2, 0.25) is 0 Å². The van der Waals surface area contributed by atoms with Crippen molar-refractivity contribution in [2.75, 3.05) is 12.4 Å². The number of benzene rings is 2. The highest BCUT2D eigenvalue weighted by molar-refractivity contribution is 7.87. The van der Waals surface area contributed by atoms with Crippen molar-refractivity contribution in [1.82, 2.24) is 4.98 Å². The summed E-state index contributed by atoms with van der Waals surface area (Å²) in [5.74, 6) is -5.90. The summed E-state index contributed by atoms with van der Waals surface area (Å²) < 4.78 is 80.0. The van der Waals surface area contributed by atoms with Gasteiger partial charge in [0.1, 0.15) is 27.9 Å². The number of nitrogens with zero attached hydrogens (tertiary/aromatic N) is 1. The number of hydrogen-bond donors (Lipinski definition) is 1. The molecule has 0 bridgehead atoms. The first-order valence-corrected chi connectivity index (χ1v) is 13.7. The Morgan fingerprint density at radius 1 is 0.872 bits per heavy atom. The molecule has 0 spiro atoms. The third-order valence-electron chi connectivity index (χ3n) is 6.05. The molecule has 0 unspecified atom stereocenters. The third kappa shape index (κ3) is 6.52. The fourth-order valence-electron chi connectivity index (χ4n) is 3.93. The number of methoxy groups -OCH3 is 1. The number of anilines is 2. The van der Waals surface area contributed by atoms with Gasteiger partial charge >= 0.3 is 16.1 Å². The van der Waals surface area contributed by atoms with E-state index in [-0.39, 0.29) is 28.3 Å². The first kappa shape index (κ1) is 29.9. The van der Waals surface area contributed by atoms with Crippen molar-refractivity contribution in [1.29, 1.82) is 0 Å². The minimum absolute atomic E-state index is 0.0887. The molecule has 0 saturated carbocycles. The molecular formula is C28H31F3N2O5S. The fraction of sp³-hybridized carbons (Fsp3) is 0.357. The van der Waals surface area contributed by atoms with E-state index in [4.69, 9.17) is 4.18 Å². The van der Waals surface area contributed by atoms with Crippen molar-refractivity contribution in [2.24, 2.45) is 0 Å². The zero-order chi connectivity index (χ0) is 29.2. The van der Waals surface area contributed by atoms with Crippen LogP contribution < -0.4 is 9.50 Å². The topological polar surface area (TPSA) is 94.6 Å². The van der Waals surface area contributed by atoms with Crippen molar-refractivity contribution in [3.05, 3.63) is 76.1 Å². The highest BCUT2D eigenvalue weighted by Gasteiger charge is 2.31. The molecule has 3 aromatic rings. The quantitative estimate of drug-likeness (QED) is 0.218. The maximum absolute atomic E-state index is 15.1. The molecule has 0 aliphatic heterocycles. The zero-order valence-corrected chi connectivity index (χ0v) is 23.5. The standard InChI is InChI=1S/C28H31F3N2O5S/c1-14(2)17-10-19(15(3)4)25(20(11-17)16(5)6)39(35,36)38-27-23(31)13-21(28(34)37-7)26(33-27)32-24-9-8-18(29)12-22(24)30/h8-16H,1-7H3,(H,32,33). The number of carbonyl (C=O) groups excluding carboxylic acids is 1. The molecule has 0 aliphatic carbocycles. The van der Waals surface area contributed by atoms with Crippen LogP contribution in [0.1, 0.15) is 86.3 Å². The SMILES string of the molecule is COC(=O)c1cc(F)c(OS(=O)(=O)c2c(C(C)C)cc(C(C)C)cc2C(C)C)nc1Nc1ccc(F)cc1F. The van der Waals surface area contributed by atoms with E-state index in [1.807, 2.05) is 41.5 Å². The molecule has 210 valence electrons. The molecule has 39 heavy (non-hydrogen) atoms. The van der Waals surface area contributed by atoms with E-state index in [0.29, 0.717) is 23.3 Å². The van der Waals surface area contributed by atoms with E-state index >= 15 is 4.39 Å². The molecule has 0 aliphatic rings. The second-order valence-electron chi connectivity index (χ2n) is 9.94. The minimum Gasteiger partial charge on any atom is -0.465 e. The number of rotatable bonds is 9. The molecule has 0 amide bonds. The van der Waals surface area contributed by atoms with Crippen LogP contribution >= 0.6 is 0 Å². The summed E-state index contributed by atoms with van der Waals surface area (Å²) in [7, 11) is -3.60. The van der Waals surface area contributed by atoms with Crippen molar-refractivity contribution in [2.45, 2.75) is 64.2 Å². The molecule has 2 aromatic carbocycles. The van der Waals surface area contributed by atoms with E-state index in [1.54, 1.807) is 12.1 Å². The molecule has 1 heterocycles. The lowest BCUT2D eigenvalue weighted by Crippen LogP contribution is -2.19. The number of ether oxygens (including phenoxy) is 1. The molecule has 11 heteroatoms. The maximum Gasteiger partial charge on any atom is 0.341 e. The monoisotopic (exact) mass is 564 g/mol. The Hall–Kier alpha value is -3.60. The molecule has 1 N–H and O–H groups in total. The van der Waals surface area contributed by atoms with E-state index in [0.717, 1.165) is 24.8 Å². The van der Waals surface area contributed by atoms with Gasteiger partial charge < -0.3 is 14.2 Å². The smallest absolute Gasteiger partial charge is 0.341 e. The first-order chi connectivity index (χ1) is 18.2. The molecule has 0 saturated heterocycles. The Morgan fingerprint density at radius 2 is 1.46 bits per heavy atom. The third-order valence-corrected chi connectivity index (χ3v) is 7.40. The molecule has 0 radical (unpaired) electrons. The van der Waals surface area contributed by atoms with Gasteiger partial charge in [-0.3, -0.25) is 0 Å². The Kier molecular flexibility index (Phi) is 8.94. The highest BCUT2D eigenvalue weighted by atomic mass is 32.2. The number of pyridine rings is 1. The van der Waals surface area contributed by atoms with Crippen LogP contribution in [0.4, 0.5) is 24.7 Å². The molecule has 3 rings (SSSR count). The van der Waals surface area contributed by atoms with Gasteiger partial charge in [0, 0.05) is 6.07 Å². The molecule has 0 atom stereocenters. The van der Waals surface area contributed by atoms with Gasteiger partial charge in [-0.05, 0) is 52.6 Å². The summed E-state index contributed by atoms with van der Waals surface area (Å²) in [4.78, 5) is 16.0. The van der Waals surface area contributed by atoms with Crippen LogP contribution in [0.25, 0.3) is 0 Å². The predicted molar refractivity (Wildman–Crippen MR) is 142 cm³/mol. The molecule has 7 nitrogen and oxygen atoms in total. The maximum atomic E-state index is 15.1. The second-order valence-corrected chi connectivity index (χ2v) is 11.4. The summed E-state index contributed by atoms with van der Waals surface area (Å²) in [6.07, 6.45) is 0. The van der Waals surface area contributed by atoms with Crippen molar-refractivity contribution < 1.29 is 35.3 Å². The summed E-state index contributed by atoms with van der Waals surface area (Å²) in [5, 5.41) is 2.46. The van der Waals surface area contributed by atoms with Gasteiger partial charge in [0.2, 0.25) is 0 Å². The van der Waals surface area contributed by atoms with Gasteiger partial charge in [0.25, 0.3) is 5.88 Å². The first-order valence-electron chi connectivity index (χ1n) is 12.3. The van der Waals surface area contributed by atoms with E-state index in [1.165, 1.54) is 0 Å². The van der Waals surface area contributed by atoms with Crippen LogP contribution in [0, 0.1) is 17.5 Å². The summed E-state index contributed by atoms with van der Waals surface area (Å²) in [6, 6.07) is 6.84. The van der Waals surface area contributed by atoms with Gasteiger partial charge in [-0.1, -0.05) is 53.7 Å². The van der Waals surface area contributed by atoms with Crippen LogP contribution in [0.15, 0.2) is 41.3 Å². The van der Waals surface area contributed by atoms with Crippen LogP contribution in [-0.4, -0.2) is 26.5 Å². The Morgan fingerprint density at radius 3 is 1.95 bits per heavy atom. The van der Waals surface area contributed by atoms with Crippen LogP contribution in [-0.2, 0) is 14.9 Å². The fourth-order valence-corrected chi connectivity index (χ4v) is 5.51. The van der Waals surface area contributed by atoms with Gasteiger partial charge in [-0.25, -0.2) is 18.0 Å². The molecule has 0 fully saturated rings. The number of hydrogen-bond acceptors (Lipinski definition) is 7. The summed E-state index contributed by atoms with van der Waals surface area (Å²) in [5.41, 5.74) is 1.19. The van der Waals surface area contributed by atoms with Crippen LogP contribution in [0.3, 0.4) is 0 Å². The predicted octanol–water partition coefficient (Wildman–Crippen LogP) is 7.17. The lowest BCUT2D eigenvalue weighted by Gasteiger charge is -2.22. The highest BCUT2D eigenvalue weighted by Crippen LogP contribution is 2.37. The number of aromatic nitrogens is 1. The lowest BCUT2D eigenvalue weighted by molar-refractivity contribution is 0.0601. The van der Waals surface area contributed by atoms with Crippen molar-refractivity contribution in [3.63, 3.8) is 0 Å². The summed E-state index contributed by atoms with van der Waals surface area (Å²) in [6.45, 7) is 11.3. The number of esters is 1. The zero-order valence-electron chi connectivity index (χ0n) is 22.7. The molecular weight excluding hydrogens is 533 g/mol. The van der Waals surface area contributed by atoms with Gasteiger partial charge in [0.15, 0.2) is 5.82 Å². The van der Waals surface area contributed by atoms with Crippen molar-refractivity contribution >= 4 is 27.6 Å². The van der Waals surface area contributed by atoms with Gasteiger partial charge in [-0.2, -0.15) is 13.4 Å². The Bertz CT molecular complexity index is 1480. The number of nitrogens with one attached hydrogen (secondary N) is 1. The number of halogens is 3.